The Morgan fingerprint density at radius 1 is 1.24 bits per heavy atom. The van der Waals surface area contributed by atoms with Gasteiger partial charge in [-0.05, 0) is 39.5 Å². The van der Waals surface area contributed by atoms with E-state index >= 15 is 0 Å². The molecule has 4 heteroatoms. The predicted octanol–water partition coefficient (Wildman–Crippen LogP) is 2.01. The van der Waals surface area contributed by atoms with E-state index in [9.17, 15) is 9.59 Å². The van der Waals surface area contributed by atoms with Gasteiger partial charge in [0, 0.05) is 6.42 Å². The molecule has 1 aliphatic carbocycles. The summed E-state index contributed by atoms with van der Waals surface area (Å²) in [6, 6.07) is 0. The number of nitrogens with two attached hydrogens (primary N) is 1. The van der Waals surface area contributed by atoms with Crippen molar-refractivity contribution in [3.8, 4) is 0 Å². The molecule has 0 spiro atoms. The van der Waals surface area contributed by atoms with Crippen LogP contribution < -0.4 is 5.73 Å². The molecule has 2 unspecified atom stereocenters. The van der Waals surface area contributed by atoms with Crippen LogP contribution in [-0.4, -0.2) is 17.5 Å². The molecule has 17 heavy (non-hydrogen) atoms. The first-order chi connectivity index (χ1) is 7.79. The summed E-state index contributed by atoms with van der Waals surface area (Å²) >= 11 is 0. The van der Waals surface area contributed by atoms with Crippen molar-refractivity contribution in [3.63, 3.8) is 0 Å². The number of primary amides is 1. The fraction of sp³-hybridized carbons (Fsp3) is 0.846. The van der Waals surface area contributed by atoms with Crippen molar-refractivity contribution in [1.29, 1.82) is 0 Å². The van der Waals surface area contributed by atoms with Crippen LogP contribution in [0.4, 0.5) is 0 Å². The highest BCUT2D eigenvalue weighted by atomic mass is 16.6. The Morgan fingerprint density at radius 3 is 2.35 bits per heavy atom. The topological polar surface area (TPSA) is 69.4 Å². The lowest BCUT2D eigenvalue weighted by molar-refractivity contribution is -0.163. The monoisotopic (exact) mass is 241 g/mol. The highest BCUT2D eigenvalue weighted by Crippen LogP contribution is 2.34. The molecule has 0 aromatic heterocycles. The molecule has 0 aromatic carbocycles. The van der Waals surface area contributed by atoms with Crippen LogP contribution in [0.1, 0.15) is 52.9 Å². The molecule has 4 nitrogen and oxygen atoms in total. The number of ether oxygens (including phenoxy) is 1. The van der Waals surface area contributed by atoms with E-state index in [1.54, 1.807) is 0 Å². The lowest BCUT2D eigenvalue weighted by atomic mass is 9.77. The molecule has 98 valence electrons. The molecule has 0 heterocycles. The van der Waals surface area contributed by atoms with Gasteiger partial charge >= 0.3 is 5.97 Å². The van der Waals surface area contributed by atoms with Crippen LogP contribution in [0.2, 0.25) is 0 Å². The summed E-state index contributed by atoms with van der Waals surface area (Å²) in [7, 11) is 0. The fourth-order valence-corrected chi connectivity index (χ4v) is 2.40. The third-order valence-corrected chi connectivity index (χ3v) is 3.08. The number of esters is 1. The maximum Gasteiger partial charge on any atom is 0.309 e. The molecule has 2 N–H and O–H groups in total. The zero-order valence-corrected chi connectivity index (χ0v) is 11.0. The van der Waals surface area contributed by atoms with E-state index in [2.05, 4.69) is 0 Å². The summed E-state index contributed by atoms with van der Waals surface area (Å²) in [6.07, 6.45) is 4.10. The van der Waals surface area contributed by atoms with E-state index in [0.717, 1.165) is 25.7 Å². The van der Waals surface area contributed by atoms with E-state index < -0.39 is 5.60 Å². The minimum Gasteiger partial charge on any atom is -0.460 e. The number of carbonyl (C=O) groups is 2. The smallest absolute Gasteiger partial charge is 0.309 e. The summed E-state index contributed by atoms with van der Waals surface area (Å²) < 4.78 is 5.40. The predicted molar refractivity (Wildman–Crippen MR) is 65.1 cm³/mol. The van der Waals surface area contributed by atoms with Gasteiger partial charge in [-0.3, -0.25) is 9.59 Å². The second kappa shape index (κ2) is 5.52. The average molecular weight is 241 g/mol. The van der Waals surface area contributed by atoms with Crippen molar-refractivity contribution in [2.24, 2.45) is 17.6 Å². The van der Waals surface area contributed by atoms with E-state index in [4.69, 9.17) is 10.5 Å². The van der Waals surface area contributed by atoms with Crippen LogP contribution in [0.5, 0.6) is 0 Å². The highest BCUT2D eigenvalue weighted by molar-refractivity contribution is 5.77. The quantitative estimate of drug-likeness (QED) is 0.768. The second-order valence-corrected chi connectivity index (χ2v) is 5.85. The van der Waals surface area contributed by atoms with Gasteiger partial charge in [-0.25, -0.2) is 0 Å². The van der Waals surface area contributed by atoms with Gasteiger partial charge in [0.2, 0.25) is 5.91 Å². The van der Waals surface area contributed by atoms with Crippen molar-refractivity contribution in [1.82, 2.24) is 0 Å². The van der Waals surface area contributed by atoms with Gasteiger partial charge < -0.3 is 10.5 Å². The van der Waals surface area contributed by atoms with E-state index in [-0.39, 0.29) is 23.7 Å². The molecular weight excluding hydrogens is 218 g/mol. The van der Waals surface area contributed by atoms with Gasteiger partial charge in [0.15, 0.2) is 0 Å². The minimum absolute atomic E-state index is 0.0658. The molecule has 0 aromatic rings. The normalized spacial score (nSPS) is 25.4. The maximum absolute atomic E-state index is 12.0. The number of amides is 1. The molecule has 0 aliphatic heterocycles. The fourth-order valence-electron chi connectivity index (χ4n) is 2.40. The Kier molecular flexibility index (Phi) is 4.54. The summed E-state index contributed by atoms with van der Waals surface area (Å²) in [4.78, 5) is 23.0. The summed E-state index contributed by atoms with van der Waals surface area (Å²) in [5.41, 5.74) is 4.76. The Hall–Kier alpha value is -1.06. The average Bonchev–Trinajstić information content (AvgIpc) is 2.14. The van der Waals surface area contributed by atoms with E-state index in [1.165, 1.54) is 0 Å². The molecule has 1 aliphatic rings. The Balaban J connectivity index is 2.64. The van der Waals surface area contributed by atoms with Crippen LogP contribution >= 0.6 is 0 Å². The van der Waals surface area contributed by atoms with Gasteiger partial charge in [0.25, 0.3) is 0 Å². The third-order valence-electron chi connectivity index (χ3n) is 3.08. The van der Waals surface area contributed by atoms with Crippen LogP contribution in [0.25, 0.3) is 0 Å². The number of hydrogen-bond acceptors (Lipinski definition) is 3. The van der Waals surface area contributed by atoms with Crippen molar-refractivity contribution in [2.75, 3.05) is 0 Å². The van der Waals surface area contributed by atoms with Crippen LogP contribution in [0.3, 0.4) is 0 Å². The first-order valence-electron chi connectivity index (χ1n) is 6.31. The molecule has 1 amide bonds. The summed E-state index contributed by atoms with van der Waals surface area (Å²) in [6.45, 7) is 5.57. The Bertz CT molecular complexity index is 294. The van der Waals surface area contributed by atoms with Crippen molar-refractivity contribution in [2.45, 2.75) is 58.5 Å². The van der Waals surface area contributed by atoms with E-state index in [0.29, 0.717) is 6.42 Å². The Morgan fingerprint density at radius 2 is 1.82 bits per heavy atom. The second-order valence-electron chi connectivity index (χ2n) is 5.85. The van der Waals surface area contributed by atoms with Gasteiger partial charge in [-0.15, -0.1) is 0 Å². The zero-order chi connectivity index (χ0) is 13.1. The van der Waals surface area contributed by atoms with Gasteiger partial charge in [-0.1, -0.05) is 12.8 Å². The minimum atomic E-state index is -0.466. The number of carbonyl (C=O) groups excluding carboxylic acids is 2. The lowest BCUT2D eigenvalue weighted by Crippen LogP contribution is -2.35. The molecule has 0 saturated heterocycles. The molecule has 1 fully saturated rings. The maximum atomic E-state index is 12.0. The summed E-state index contributed by atoms with van der Waals surface area (Å²) in [5, 5.41) is 0. The Labute approximate surface area is 103 Å². The van der Waals surface area contributed by atoms with Gasteiger partial charge in [-0.2, -0.15) is 0 Å². The van der Waals surface area contributed by atoms with Gasteiger partial charge in [0.05, 0.1) is 5.92 Å². The molecule has 1 rings (SSSR count). The van der Waals surface area contributed by atoms with Gasteiger partial charge in [0.1, 0.15) is 5.60 Å². The highest BCUT2D eigenvalue weighted by Gasteiger charge is 2.34. The standard InChI is InChI=1S/C13H23NO3/c1-13(2,3)17-12(16)10-7-5-4-6-9(10)8-11(14)15/h9-10H,4-8H2,1-3H3,(H2,14,15). The van der Waals surface area contributed by atoms with Crippen LogP contribution in [-0.2, 0) is 14.3 Å². The van der Waals surface area contributed by atoms with Crippen molar-refractivity contribution in [3.05, 3.63) is 0 Å². The van der Waals surface area contributed by atoms with E-state index in [1.807, 2.05) is 20.8 Å². The van der Waals surface area contributed by atoms with Crippen LogP contribution in [0, 0.1) is 11.8 Å². The SMILES string of the molecule is CC(C)(C)OC(=O)C1CCCCC1CC(N)=O. The summed E-state index contributed by atoms with van der Waals surface area (Å²) in [5.74, 6) is -0.597. The number of hydrogen-bond donors (Lipinski definition) is 1. The molecule has 0 bridgehead atoms. The largest absolute Gasteiger partial charge is 0.460 e. The zero-order valence-electron chi connectivity index (χ0n) is 11.0. The van der Waals surface area contributed by atoms with Crippen molar-refractivity contribution >= 4 is 11.9 Å². The first-order valence-corrected chi connectivity index (χ1v) is 6.31. The molecule has 0 radical (unpaired) electrons. The molecule has 1 saturated carbocycles. The third kappa shape index (κ3) is 4.75. The number of rotatable bonds is 3. The molecular formula is C13H23NO3. The van der Waals surface area contributed by atoms with Crippen LogP contribution in [0.15, 0.2) is 0 Å². The molecule has 2 atom stereocenters. The lowest BCUT2D eigenvalue weighted by Gasteiger charge is -2.31. The van der Waals surface area contributed by atoms with Crippen molar-refractivity contribution < 1.29 is 14.3 Å². The first kappa shape index (κ1) is 14.0.